The van der Waals surface area contributed by atoms with Crippen molar-refractivity contribution in [3.8, 4) is 0 Å². The van der Waals surface area contributed by atoms with Crippen LogP contribution in [0.5, 0.6) is 0 Å². The summed E-state index contributed by atoms with van der Waals surface area (Å²) in [5.41, 5.74) is -1.16. The minimum Gasteiger partial charge on any atom is -0.317 e. The third kappa shape index (κ3) is 5.23. The summed E-state index contributed by atoms with van der Waals surface area (Å²) in [6.07, 6.45) is -2.94. The van der Waals surface area contributed by atoms with E-state index in [1.54, 1.807) is 0 Å². The molecule has 0 spiro atoms. The molecule has 1 aliphatic heterocycles. The molecule has 4 nitrogen and oxygen atoms in total. The van der Waals surface area contributed by atoms with Gasteiger partial charge in [0.05, 0.1) is 10.6 Å². The number of nitrogens with one attached hydrogen (secondary N) is 2. The quantitative estimate of drug-likeness (QED) is 0.804. The van der Waals surface area contributed by atoms with Gasteiger partial charge >= 0.3 is 6.18 Å². The van der Waals surface area contributed by atoms with Crippen molar-refractivity contribution in [1.82, 2.24) is 10.0 Å². The molecule has 2 N–H and O–H groups in total. The molecule has 0 bridgehead atoms. The van der Waals surface area contributed by atoms with Gasteiger partial charge in [0.25, 0.3) is 0 Å². The van der Waals surface area contributed by atoms with E-state index < -0.39 is 26.8 Å². The zero-order chi connectivity index (χ0) is 17.3. The second kappa shape index (κ2) is 7.78. The number of halogens is 5. The lowest BCUT2D eigenvalue weighted by Crippen LogP contribution is -2.42. The van der Waals surface area contributed by atoms with Crippen molar-refractivity contribution in [1.29, 1.82) is 0 Å². The van der Waals surface area contributed by atoms with Crippen LogP contribution in [0.4, 0.5) is 13.2 Å². The Bertz CT molecular complexity index is 675. The van der Waals surface area contributed by atoms with Gasteiger partial charge in [0.1, 0.15) is 4.90 Å². The SMILES string of the molecule is CC1(CNS(=O)(=O)c2ccc(C(F)(F)F)cc2Cl)CCNCC1.Cl. The predicted octanol–water partition coefficient (Wildman–Crippen LogP) is 3.45. The zero-order valence-corrected chi connectivity index (χ0v) is 15.3. The van der Waals surface area contributed by atoms with Crippen molar-refractivity contribution < 1.29 is 21.6 Å². The van der Waals surface area contributed by atoms with E-state index >= 15 is 0 Å². The van der Waals surface area contributed by atoms with Gasteiger partial charge in [0.2, 0.25) is 10.0 Å². The lowest BCUT2D eigenvalue weighted by Gasteiger charge is -2.34. The summed E-state index contributed by atoms with van der Waals surface area (Å²) in [4.78, 5) is -0.343. The van der Waals surface area contributed by atoms with Crippen LogP contribution in [0.25, 0.3) is 0 Å². The van der Waals surface area contributed by atoms with E-state index in [-0.39, 0.29) is 29.3 Å². The molecule has 0 unspecified atom stereocenters. The lowest BCUT2D eigenvalue weighted by atomic mass is 9.81. The molecule has 138 valence electrons. The standard InChI is InChI=1S/C14H18ClF3N2O2S.ClH/c1-13(4-6-19-7-5-13)9-20-23(21,22)12-3-2-10(8-11(12)15)14(16,17)18;/h2-3,8,19-20H,4-7,9H2,1H3;1H. The number of piperidine rings is 1. The topological polar surface area (TPSA) is 58.2 Å². The number of rotatable bonds is 4. The third-order valence-electron chi connectivity index (χ3n) is 4.05. The van der Waals surface area contributed by atoms with E-state index in [0.29, 0.717) is 12.1 Å². The van der Waals surface area contributed by atoms with Crippen molar-refractivity contribution in [2.45, 2.75) is 30.8 Å². The highest BCUT2D eigenvalue weighted by Crippen LogP contribution is 2.34. The summed E-state index contributed by atoms with van der Waals surface area (Å²) in [5, 5.41) is 2.75. The summed E-state index contributed by atoms with van der Waals surface area (Å²) in [7, 11) is -3.96. The third-order valence-corrected chi connectivity index (χ3v) is 5.93. The molecule has 0 aromatic heterocycles. The summed E-state index contributed by atoms with van der Waals surface area (Å²) in [5.74, 6) is 0. The predicted molar refractivity (Wildman–Crippen MR) is 89.1 cm³/mol. The molecule has 0 atom stereocenters. The van der Waals surface area contributed by atoms with Crippen molar-refractivity contribution in [3.63, 3.8) is 0 Å². The molecule has 1 aromatic carbocycles. The zero-order valence-electron chi connectivity index (χ0n) is 12.9. The molecule has 1 aromatic rings. The highest BCUT2D eigenvalue weighted by Gasteiger charge is 2.33. The lowest BCUT2D eigenvalue weighted by molar-refractivity contribution is -0.137. The Morgan fingerprint density at radius 1 is 1.29 bits per heavy atom. The van der Waals surface area contributed by atoms with Crippen molar-refractivity contribution in [3.05, 3.63) is 28.8 Å². The van der Waals surface area contributed by atoms with Crippen LogP contribution in [0.3, 0.4) is 0 Å². The number of sulfonamides is 1. The first-order valence-corrected chi connectivity index (χ1v) is 8.97. The van der Waals surface area contributed by atoms with Crippen LogP contribution in [-0.2, 0) is 16.2 Å². The van der Waals surface area contributed by atoms with E-state index in [1.807, 2.05) is 6.92 Å². The Kier molecular flexibility index (Phi) is 6.97. The van der Waals surface area contributed by atoms with Gasteiger partial charge in [-0.05, 0) is 49.5 Å². The number of hydrogen-bond donors (Lipinski definition) is 2. The van der Waals surface area contributed by atoms with E-state index in [4.69, 9.17) is 11.6 Å². The minimum atomic E-state index is -4.57. The van der Waals surface area contributed by atoms with Gasteiger partial charge in [0, 0.05) is 6.54 Å². The van der Waals surface area contributed by atoms with Gasteiger partial charge in [-0.1, -0.05) is 18.5 Å². The fraction of sp³-hybridized carbons (Fsp3) is 0.571. The van der Waals surface area contributed by atoms with Crippen LogP contribution in [0.1, 0.15) is 25.3 Å². The Labute approximate surface area is 150 Å². The molecule has 1 aliphatic rings. The Morgan fingerprint density at radius 2 is 1.88 bits per heavy atom. The van der Waals surface area contributed by atoms with Gasteiger partial charge in [0.15, 0.2) is 0 Å². The molecule has 2 rings (SSSR count). The fourth-order valence-electron chi connectivity index (χ4n) is 2.45. The molecule has 0 aliphatic carbocycles. The molecule has 1 fully saturated rings. The van der Waals surface area contributed by atoms with Gasteiger partial charge in [-0.2, -0.15) is 13.2 Å². The first kappa shape index (κ1) is 21.5. The van der Waals surface area contributed by atoms with Crippen molar-refractivity contribution >= 4 is 34.0 Å². The molecule has 10 heteroatoms. The maximum Gasteiger partial charge on any atom is 0.416 e. The van der Waals surface area contributed by atoms with Crippen LogP contribution in [0.15, 0.2) is 23.1 Å². The highest BCUT2D eigenvalue weighted by molar-refractivity contribution is 7.89. The number of benzene rings is 1. The summed E-state index contributed by atoms with van der Waals surface area (Å²) < 4.78 is 64.9. The monoisotopic (exact) mass is 406 g/mol. The van der Waals surface area contributed by atoms with Gasteiger partial charge < -0.3 is 5.32 Å². The van der Waals surface area contributed by atoms with Crippen LogP contribution in [-0.4, -0.2) is 28.1 Å². The molecular formula is C14H19Cl2F3N2O2S. The maximum atomic E-state index is 12.6. The molecule has 24 heavy (non-hydrogen) atoms. The Balaban J connectivity index is 0.00000288. The van der Waals surface area contributed by atoms with Crippen LogP contribution < -0.4 is 10.0 Å². The fourth-order valence-corrected chi connectivity index (χ4v) is 4.19. The molecular weight excluding hydrogens is 388 g/mol. The van der Waals surface area contributed by atoms with Gasteiger partial charge in [-0.3, -0.25) is 0 Å². The second-order valence-corrected chi connectivity index (χ2v) is 8.17. The summed E-state index contributed by atoms with van der Waals surface area (Å²) in [6, 6.07) is 2.23. The largest absolute Gasteiger partial charge is 0.416 e. The molecule has 1 heterocycles. The normalized spacial score (nSPS) is 18.0. The maximum absolute atomic E-state index is 12.6. The Hall–Kier alpha value is -0.540. The number of hydrogen-bond acceptors (Lipinski definition) is 3. The van der Waals surface area contributed by atoms with Crippen LogP contribution in [0, 0.1) is 5.41 Å². The molecule has 0 amide bonds. The van der Waals surface area contributed by atoms with E-state index in [2.05, 4.69) is 10.0 Å². The molecule has 0 saturated carbocycles. The second-order valence-electron chi connectivity index (χ2n) is 6.03. The summed E-state index contributed by atoms with van der Waals surface area (Å²) in [6.45, 7) is 3.80. The average molecular weight is 407 g/mol. The van der Waals surface area contributed by atoms with Crippen molar-refractivity contribution in [2.24, 2.45) is 5.41 Å². The van der Waals surface area contributed by atoms with Crippen LogP contribution in [0.2, 0.25) is 5.02 Å². The first-order chi connectivity index (χ1) is 10.5. The van der Waals surface area contributed by atoms with E-state index in [0.717, 1.165) is 32.0 Å². The van der Waals surface area contributed by atoms with Crippen LogP contribution >= 0.6 is 24.0 Å². The first-order valence-electron chi connectivity index (χ1n) is 7.11. The summed E-state index contributed by atoms with van der Waals surface area (Å²) >= 11 is 5.75. The van der Waals surface area contributed by atoms with Gasteiger partial charge in [-0.15, -0.1) is 12.4 Å². The Morgan fingerprint density at radius 3 is 2.38 bits per heavy atom. The highest BCUT2D eigenvalue weighted by atomic mass is 35.5. The van der Waals surface area contributed by atoms with E-state index in [1.165, 1.54) is 0 Å². The molecule has 1 saturated heterocycles. The van der Waals surface area contributed by atoms with Crippen molar-refractivity contribution in [2.75, 3.05) is 19.6 Å². The minimum absolute atomic E-state index is 0. The smallest absolute Gasteiger partial charge is 0.317 e. The molecule has 0 radical (unpaired) electrons. The average Bonchev–Trinajstić information content (AvgIpc) is 2.45. The van der Waals surface area contributed by atoms with Gasteiger partial charge in [-0.25, -0.2) is 13.1 Å². The number of alkyl halides is 3. The van der Waals surface area contributed by atoms with E-state index in [9.17, 15) is 21.6 Å².